The highest BCUT2D eigenvalue weighted by molar-refractivity contribution is 6.03. The number of esters is 1. The van der Waals surface area contributed by atoms with Crippen LogP contribution in [0, 0.1) is 24.0 Å². The van der Waals surface area contributed by atoms with Gasteiger partial charge in [-0.15, -0.1) is 0 Å². The first-order valence-electron chi connectivity index (χ1n) is 8.42. The van der Waals surface area contributed by atoms with E-state index in [4.69, 9.17) is 14.2 Å². The molecule has 0 N–H and O–H groups in total. The smallest absolute Gasteiger partial charge is 0.346 e. The van der Waals surface area contributed by atoms with Crippen molar-refractivity contribution in [2.75, 3.05) is 14.2 Å². The third-order valence-corrected chi connectivity index (χ3v) is 4.23. The van der Waals surface area contributed by atoms with Crippen LogP contribution in [0.3, 0.4) is 0 Å². The van der Waals surface area contributed by atoms with Crippen LogP contribution < -0.4 is 9.47 Å². The van der Waals surface area contributed by atoms with Crippen molar-refractivity contribution in [2.24, 2.45) is 0 Å². The van der Waals surface area contributed by atoms with Crippen molar-refractivity contribution in [3.63, 3.8) is 0 Å². The Hall–Kier alpha value is -3.42. The van der Waals surface area contributed by atoms with Gasteiger partial charge in [-0.2, -0.15) is 0 Å². The second-order valence-corrected chi connectivity index (χ2v) is 6.21. The van der Waals surface area contributed by atoms with E-state index in [2.05, 4.69) is 0 Å². The van der Waals surface area contributed by atoms with Gasteiger partial charge in [-0.3, -0.25) is 14.9 Å². The van der Waals surface area contributed by atoms with E-state index >= 15 is 0 Å². The summed E-state index contributed by atoms with van der Waals surface area (Å²) in [6.07, 6.45) is -1.12. The summed E-state index contributed by atoms with van der Waals surface area (Å²) in [5, 5.41) is 11.4. The number of aryl methyl sites for hydroxylation is 2. The van der Waals surface area contributed by atoms with E-state index in [9.17, 15) is 19.7 Å². The predicted molar refractivity (Wildman–Crippen MR) is 101 cm³/mol. The van der Waals surface area contributed by atoms with Gasteiger partial charge in [-0.25, -0.2) is 4.79 Å². The highest BCUT2D eigenvalue weighted by Gasteiger charge is 2.29. The lowest BCUT2D eigenvalue weighted by Gasteiger charge is -2.15. The molecule has 0 aliphatic rings. The molecular weight excluding hydrogens is 366 g/mol. The van der Waals surface area contributed by atoms with Gasteiger partial charge in [0, 0.05) is 11.6 Å². The average Bonchev–Trinajstić information content (AvgIpc) is 2.67. The highest BCUT2D eigenvalue weighted by atomic mass is 16.6. The van der Waals surface area contributed by atoms with Crippen molar-refractivity contribution in [1.29, 1.82) is 0 Å². The molecule has 0 aromatic heterocycles. The SMILES string of the molecule is COc1cc(C(=O)O[C@H](C)C(=O)c2cc(C)ccc2C)c([N+](=O)[O-])cc1OC. The maximum Gasteiger partial charge on any atom is 0.346 e. The van der Waals surface area contributed by atoms with Gasteiger partial charge in [0.05, 0.1) is 25.2 Å². The lowest BCUT2D eigenvalue weighted by molar-refractivity contribution is -0.385. The van der Waals surface area contributed by atoms with Crippen LogP contribution in [0.2, 0.25) is 0 Å². The molecule has 0 bridgehead atoms. The van der Waals surface area contributed by atoms with Crippen LogP contribution in [-0.4, -0.2) is 37.0 Å². The van der Waals surface area contributed by atoms with Gasteiger partial charge < -0.3 is 14.2 Å². The number of ketones is 1. The van der Waals surface area contributed by atoms with Crippen molar-refractivity contribution in [3.05, 3.63) is 62.7 Å². The van der Waals surface area contributed by atoms with Gasteiger partial charge in [-0.05, 0) is 32.4 Å². The number of methoxy groups -OCH3 is 2. The molecule has 2 aromatic carbocycles. The van der Waals surface area contributed by atoms with Crippen molar-refractivity contribution in [2.45, 2.75) is 26.9 Å². The highest BCUT2D eigenvalue weighted by Crippen LogP contribution is 2.35. The minimum atomic E-state index is -1.12. The Bertz CT molecular complexity index is 936. The largest absolute Gasteiger partial charge is 0.493 e. The quantitative estimate of drug-likeness (QED) is 0.309. The third-order valence-electron chi connectivity index (χ3n) is 4.23. The fourth-order valence-electron chi connectivity index (χ4n) is 2.68. The third kappa shape index (κ3) is 4.28. The summed E-state index contributed by atoms with van der Waals surface area (Å²) >= 11 is 0. The van der Waals surface area contributed by atoms with E-state index in [1.807, 2.05) is 13.0 Å². The first kappa shape index (κ1) is 20.9. The zero-order valence-corrected chi connectivity index (χ0v) is 16.3. The Morgan fingerprint density at radius 2 is 1.61 bits per heavy atom. The molecule has 0 saturated carbocycles. The number of nitro benzene ring substituents is 1. The molecule has 0 radical (unpaired) electrons. The average molecular weight is 387 g/mol. The van der Waals surface area contributed by atoms with Gasteiger partial charge in [0.2, 0.25) is 5.78 Å². The van der Waals surface area contributed by atoms with Crippen LogP contribution in [0.4, 0.5) is 5.69 Å². The van der Waals surface area contributed by atoms with Crippen LogP contribution >= 0.6 is 0 Å². The normalized spacial score (nSPS) is 11.5. The summed E-state index contributed by atoms with van der Waals surface area (Å²) in [6, 6.07) is 7.62. The lowest BCUT2D eigenvalue weighted by atomic mass is 9.99. The molecule has 28 heavy (non-hydrogen) atoms. The van der Waals surface area contributed by atoms with Crippen molar-refractivity contribution < 1.29 is 28.7 Å². The molecule has 8 nitrogen and oxygen atoms in total. The van der Waals surface area contributed by atoms with Crippen LogP contribution in [0.5, 0.6) is 11.5 Å². The molecule has 8 heteroatoms. The number of nitrogens with zero attached hydrogens (tertiary/aromatic N) is 1. The molecule has 2 aromatic rings. The summed E-state index contributed by atoms with van der Waals surface area (Å²) in [4.78, 5) is 35.9. The van der Waals surface area contributed by atoms with Crippen molar-refractivity contribution >= 4 is 17.4 Å². The Morgan fingerprint density at radius 3 is 2.18 bits per heavy atom. The molecule has 1 atom stereocenters. The number of nitro groups is 1. The van der Waals surface area contributed by atoms with Gasteiger partial charge in [0.1, 0.15) is 5.56 Å². The van der Waals surface area contributed by atoms with E-state index < -0.39 is 28.5 Å². The van der Waals surface area contributed by atoms with Crippen LogP contribution in [0.15, 0.2) is 30.3 Å². The number of carbonyl (C=O) groups excluding carboxylic acids is 2. The van der Waals surface area contributed by atoms with E-state index in [-0.39, 0.29) is 17.1 Å². The number of benzene rings is 2. The number of Topliss-reactive ketones (excluding diaryl/α,β-unsaturated/α-hetero) is 1. The number of rotatable bonds is 7. The van der Waals surface area contributed by atoms with Gasteiger partial charge in [-0.1, -0.05) is 17.7 Å². The van der Waals surface area contributed by atoms with Crippen molar-refractivity contribution in [1.82, 2.24) is 0 Å². The zero-order chi connectivity index (χ0) is 21.0. The molecule has 0 aliphatic carbocycles. The van der Waals surface area contributed by atoms with Crippen LogP contribution in [0.1, 0.15) is 38.8 Å². The Labute approximate surface area is 162 Å². The Morgan fingerprint density at radius 1 is 1.00 bits per heavy atom. The number of carbonyl (C=O) groups is 2. The topological polar surface area (TPSA) is 105 Å². The second kappa shape index (κ2) is 8.51. The van der Waals surface area contributed by atoms with Crippen molar-refractivity contribution in [3.8, 4) is 11.5 Å². The van der Waals surface area contributed by atoms with Gasteiger partial charge in [0.15, 0.2) is 17.6 Å². The fourth-order valence-corrected chi connectivity index (χ4v) is 2.68. The first-order valence-corrected chi connectivity index (χ1v) is 8.42. The van der Waals surface area contributed by atoms with E-state index in [1.165, 1.54) is 21.1 Å². The summed E-state index contributed by atoms with van der Waals surface area (Å²) < 4.78 is 15.3. The summed E-state index contributed by atoms with van der Waals surface area (Å²) in [7, 11) is 2.66. The Balaban J connectivity index is 2.34. The number of hydrogen-bond donors (Lipinski definition) is 0. The lowest BCUT2D eigenvalue weighted by Crippen LogP contribution is -2.25. The maximum atomic E-state index is 12.7. The van der Waals surface area contributed by atoms with Crippen LogP contribution in [-0.2, 0) is 4.74 Å². The molecule has 148 valence electrons. The second-order valence-electron chi connectivity index (χ2n) is 6.21. The van der Waals surface area contributed by atoms with E-state index in [0.29, 0.717) is 5.56 Å². The molecular formula is C20H21NO7. The van der Waals surface area contributed by atoms with E-state index in [0.717, 1.165) is 23.3 Å². The fraction of sp³-hybridized carbons (Fsp3) is 0.300. The number of ether oxygens (including phenoxy) is 3. The van der Waals surface area contributed by atoms with E-state index in [1.54, 1.807) is 19.1 Å². The predicted octanol–water partition coefficient (Wildman–Crippen LogP) is 3.66. The minimum Gasteiger partial charge on any atom is -0.493 e. The first-order chi connectivity index (χ1) is 13.2. The monoisotopic (exact) mass is 387 g/mol. The molecule has 0 heterocycles. The molecule has 2 rings (SSSR count). The molecule has 0 fully saturated rings. The summed E-state index contributed by atoms with van der Waals surface area (Å²) in [6.45, 7) is 5.05. The molecule has 0 saturated heterocycles. The van der Waals surface area contributed by atoms with Crippen LogP contribution in [0.25, 0.3) is 0 Å². The zero-order valence-electron chi connectivity index (χ0n) is 16.3. The van der Waals surface area contributed by atoms with Gasteiger partial charge in [0.25, 0.3) is 5.69 Å². The molecule has 0 aliphatic heterocycles. The number of hydrogen-bond acceptors (Lipinski definition) is 7. The summed E-state index contributed by atoms with van der Waals surface area (Å²) in [5.41, 5.74) is 1.23. The minimum absolute atomic E-state index is 0.102. The summed E-state index contributed by atoms with van der Waals surface area (Å²) in [5.74, 6) is -1.16. The molecule has 0 amide bonds. The molecule has 0 spiro atoms. The van der Waals surface area contributed by atoms with Gasteiger partial charge >= 0.3 is 5.97 Å². The maximum absolute atomic E-state index is 12.7. The standard InChI is InChI=1S/C20H21NO7/c1-11-6-7-12(2)14(8-11)19(22)13(3)28-20(23)15-9-17(26-4)18(27-5)10-16(15)21(24)25/h6-10,13H,1-5H3/t13-/m1/s1. The molecule has 0 unspecified atom stereocenters. The Kier molecular flexibility index (Phi) is 6.35.